The first-order chi connectivity index (χ1) is 11.0. The van der Waals surface area contributed by atoms with E-state index in [0.717, 1.165) is 5.56 Å². The standard InChI is InChI=1S/C18H20N2O3/c1-12-8-10-15(11-9-12)23-13(2)18(22)20-16(17(19)21)14-6-4-3-5-7-14/h3-11,13,16H,1-2H3,(H2,19,21)(H,20,22). The predicted molar refractivity (Wildman–Crippen MR) is 87.8 cm³/mol. The van der Waals surface area contributed by atoms with Crippen molar-refractivity contribution >= 4 is 11.8 Å². The summed E-state index contributed by atoms with van der Waals surface area (Å²) in [5, 5.41) is 2.63. The highest BCUT2D eigenvalue weighted by molar-refractivity contribution is 5.89. The molecule has 0 bridgehead atoms. The van der Waals surface area contributed by atoms with Gasteiger partial charge in [0.25, 0.3) is 5.91 Å². The lowest BCUT2D eigenvalue weighted by Gasteiger charge is -2.20. The first-order valence-electron chi connectivity index (χ1n) is 7.35. The fourth-order valence-corrected chi connectivity index (χ4v) is 2.10. The molecule has 0 aromatic heterocycles. The molecule has 3 N–H and O–H groups in total. The van der Waals surface area contributed by atoms with Crippen LogP contribution >= 0.6 is 0 Å². The van der Waals surface area contributed by atoms with Crippen molar-refractivity contribution in [1.29, 1.82) is 0 Å². The van der Waals surface area contributed by atoms with Gasteiger partial charge in [-0.3, -0.25) is 9.59 Å². The minimum atomic E-state index is -0.882. The third-order valence-corrected chi connectivity index (χ3v) is 3.41. The number of ether oxygens (including phenoxy) is 1. The van der Waals surface area contributed by atoms with Crippen LogP contribution in [0.4, 0.5) is 0 Å². The van der Waals surface area contributed by atoms with Crippen molar-refractivity contribution in [1.82, 2.24) is 5.32 Å². The average Bonchev–Trinajstić information content (AvgIpc) is 2.55. The third kappa shape index (κ3) is 4.57. The van der Waals surface area contributed by atoms with Crippen LogP contribution < -0.4 is 15.8 Å². The van der Waals surface area contributed by atoms with Gasteiger partial charge in [-0.05, 0) is 31.5 Å². The van der Waals surface area contributed by atoms with E-state index in [2.05, 4.69) is 5.32 Å². The number of amides is 2. The number of hydrogen-bond acceptors (Lipinski definition) is 3. The van der Waals surface area contributed by atoms with E-state index in [1.165, 1.54) is 0 Å². The van der Waals surface area contributed by atoms with Crippen LogP contribution in [0.2, 0.25) is 0 Å². The molecule has 0 aliphatic rings. The van der Waals surface area contributed by atoms with Crippen LogP contribution in [-0.2, 0) is 9.59 Å². The molecule has 0 fully saturated rings. The summed E-state index contributed by atoms with van der Waals surface area (Å²) in [6.45, 7) is 3.59. The molecule has 0 heterocycles. The van der Waals surface area contributed by atoms with E-state index in [1.807, 2.05) is 25.1 Å². The fraction of sp³-hybridized carbons (Fsp3) is 0.222. The van der Waals surface area contributed by atoms with E-state index in [0.29, 0.717) is 11.3 Å². The number of carbonyl (C=O) groups excluding carboxylic acids is 2. The summed E-state index contributed by atoms with van der Waals surface area (Å²) in [6.07, 6.45) is -0.747. The zero-order chi connectivity index (χ0) is 16.8. The fourth-order valence-electron chi connectivity index (χ4n) is 2.10. The van der Waals surface area contributed by atoms with Gasteiger partial charge in [0.05, 0.1) is 0 Å². The van der Waals surface area contributed by atoms with Gasteiger partial charge < -0.3 is 15.8 Å². The average molecular weight is 312 g/mol. The molecule has 23 heavy (non-hydrogen) atoms. The Morgan fingerprint density at radius 2 is 1.65 bits per heavy atom. The van der Waals surface area contributed by atoms with Crippen molar-refractivity contribution < 1.29 is 14.3 Å². The van der Waals surface area contributed by atoms with Gasteiger partial charge >= 0.3 is 0 Å². The summed E-state index contributed by atoms with van der Waals surface area (Å²) < 4.78 is 5.58. The van der Waals surface area contributed by atoms with E-state index < -0.39 is 24.0 Å². The van der Waals surface area contributed by atoms with Crippen LogP contribution in [-0.4, -0.2) is 17.9 Å². The molecule has 2 unspecified atom stereocenters. The van der Waals surface area contributed by atoms with Gasteiger partial charge in [-0.1, -0.05) is 48.0 Å². The molecule has 0 saturated carbocycles. The van der Waals surface area contributed by atoms with E-state index in [-0.39, 0.29) is 0 Å². The number of carbonyl (C=O) groups is 2. The highest BCUT2D eigenvalue weighted by atomic mass is 16.5. The Labute approximate surface area is 135 Å². The minimum Gasteiger partial charge on any atom is -0.481 e. The molecular formula is C18H20N2O3. The maximum atomic E-state index is 12.3. The Morgan fingerprint density at radius 1 is 1.04 bits per heavy atom. The van der Waals surface area contributed by atoms with Crippen LogP contribution in [0, 0.1) is 6.92 Å². The number of hydrogen-bond donors (Lipinski definition) is 2. The third-order valence-electron chi connectivity index (χ3n) is 3.41. The Hall–Kier alpha value is -2.82. The Kier molecular flexibility index (Phi) is 5.36. The Balaban J connectivity index is 2.03. The number of aryl methyl sites for hydroxylation is 1. The summed E-state index contributed by atoms with van der Waals surface area (Å²) in [6, 6.07) is 15.4. The summed E-state index contributed by atoms with van der Waals surface area (Å²) in [5.74, 6) is -0.432. The van der Waals surface area contributed by atoms with E-state index in [4.69, 9.17) is 10.5 Å². The van der Waals surface area contributed by atoms with Crippen molar-refractivity contribution in [2.24, 2.45) is 5.73 Å². The highest BCUT2D eigenvalue weighted by Gasteiger charge is 2.23. The van der Waals surface area contributed by atoms with Crippen molar-refractivity contribution in [2.45, 2.75) is 26.0 Å². The number of primary amides is 1. The monoisotopic (exact) mass is 312 g/mol. The number of rotatable bonds is 6. The lowest BCUT2D eigenvalue weighted by atomic mass is 10.1. The number of benzene rings is 2. The quantitative estimate of drug-likeness (QED) is 0.857. The molecule has 0 radical (unpaired) electrons. The maximum Gasteiger partial charge on any atom is 0.261 e. The lowest BCUT2D eigenvalue weighted by molar-refractivity contribution is -0.131. The summed E-state index contributed by atoms with van der Waals surface area (Å²) in [4.78, 5) is 23.9. The number of nitrogens with two attached hydrogens (primary N) is 1. The SMILES string of the molecule is Cc1ccc(OC(C)C(=O)NC(C(N)=O)c2ccccc2)cc1. The zero-order valence-electron chi connectivity index (χ0n) is 13.2. The van der Waals surface area contributed by atoms with E-state index in [1.54, 1.807) is 43.3 Å². The highest BCUT2D eigenvalue weighted by Crippen LogP contribution is 2.15. The van der Waals surface area contributed by atoms with Gasteiger partial charge in [0.15, 0.2) is 6.10 Å². The Bertz CT molecular complexity index is 668. The number of nitrogens with one attached hydrogen (secondary N) is 1. The molecule has 0 spiro atoms. The van der Waals surface area contributed by atoms with Crippen molar-refractivity contribution in [3.05, 3.63) is 65.7 Å². The molecule has 0 saturated heterocycles. The smallest absolute Gasteiger partial charge is 0.261 e. The van der Waals surface area contributed by atoms with Crippen LogP contribution in [0.3, 0.4) is 0 Å². The van der Waals surface area contributed by atoms with E-state index in [9.17, 15) is 9.59 Å². The normalized spacial score (nSPS) is 13.0. The summed E-state index contributed by atoms with van der Waals surface area (Å²) in [5.41, 5.74) is 7.13. The van der Waals surface area contributed by atoms with Gasteiger partial charge in [-0.15, -0.1) is 0 Å². The molecule has 2 amide bonds. The van der Waals surface area contributed by atoms with Gasteiger partial charge in [0, 0.05) is 0 Å². The first-order valence-corrected chi connectivity index (χ1v) is 7.35. The largest absolute Gasteiger partial charge is 0.481 e. The second-order valence-corrected chi connectivity index (χ2v) is 5.33. The van der Waals surface area contributed by atoms with Crippen LogP contribution in [0.5, 0.6) is 5.75 Å². The van der Waals surface area contributed by atoms with Crippen LogP contribution in [0.15, 0.2) is 54.6 Å². The van der Waals surface area contributed by atoms with Crippen molar-refractivity contribution in [2.75, 3.05) is 0 Å². The topological polar surface area (TPSA) is 81.4 Å². The van der Waals surface area contributed by atoms with Crippen LogP contribution in [0.25, 0.3) is 0 Å². The Morgan fingerprint density at radius 3 is 2.22 bits per heavy atom. The molecule has 120 valence electrons. The first kappa shape index (κ1) is 16.5. The van der Waals surface area contributed by atoms with Crippen molar-refractivity contribution in [3.63, 3.8) is 0 Å². The second kappa shape index (κ2) is 7.45. The maximum absolute atomic E-state index is 12.3. The molecule has 2 aromatic carbocycles. The van der Waals surface area contributed by atoms with Gasteiger partial charge in [-0.25, -0.2) is 0 Å². The van der Waals surface area contributed by atoms with Crippen molar-refractivity contribution in [3.8, 4) is 5.75 Å². The van der Waals surface area contributed by atoms with E-state index >= 15 is 0 Å². The molecule has 2 atom stereocenters. The van der Waals surface area contributed by atoms with Gasteiger partial charge in [0.2, 0.25) is 5.91 Å². The second-order valence-electron chi connectivity index (χ2n) is 5.33. The molecule has 0 aliphatic carbocycles. The molecule has 2 rings (SSSR count). The zero-order valence-corrected chi connectivity index (χ0v) is 13.2. The summed E-state index contributed by atoms with van der Waals surface area (Å²) >= 11 is 0. The molecular weight excluding hydrogens is 292 g/mol. The molecule has 5 heteroatoms. The minimum absolute atomic E-state index is 0.404. The summed E-state index contributed by atoms with van der Waals surface area (Å²) in [7, 11) is 0. The predicted octanol–water partition coefficient (Wildman–Crippen LogP) is 2.11. The lowest BCUT2D eigenvalue weighted by Crippen LogP contribution is -2.43. The van der Waals surface area contributed by atoms with Gasteiger partial charge in [0.1, 0.15) is 11.8 Å². The molecule has 0 aliphatic heterocycles. The molecule has 2 aromatic rings. The van der Waals surface area contributed by atoms with Crippen LogP contribution in [0.1, 0.15) is 24.1 Å². The molecule has 5 nitrogen and oxygen atoms in total. The van der Waals surface area contributed by atoms with Gasteiger partial charge in [-0.2, -0.15) is 0 Å².